The largest absolute Gasteiger partial charge is 0.636 e. The predicted molar refractivity (Wildman–Crippen MR) is 163 cm³/mol. The van der Waals surface area contributed by atoms with Gasteiger partial charge in [-0.25, -0.2) is 83.4 Å². The van der Waals surface area contributed by atoms with Crippen LogP contribution < -0.4 is 14.8 Å². The molecule has 24 heteroatoms. The van der Waals surface area contributed by atoms with Gasteiger partial charge >= 0.3 is 7.12 Å². The Kier molecular flexibility index (Phi) is 9.97. The van der Waals surface area contributed by atoms with Crippen molar-refractivity contribution in [3.63, 3.8) is 0 Å². The van der Waals surface area contributed by atoms with Crippen molar-refractivity contribution >= 4 is 44.9 Å². The summed E-state index contributed by atoms with van der Waals surface area (Å²) in [4.78, 5) is 0. The summed E-state index contributed by atoms with van der Waals surface area (Å²) in [5.74, 6) is -66.7. The fourth-order valence-corrected chi connectivity index (χ4v) is 6.17. The van der Waals surface area contributed by atoms with E-state index in [-0.39, 0.29) is 0 Å². The molecular formula is C36H4BF21O2. The maximum absolute atomic E-state index is 15.9. The molecule has 0 radical (unpaired) electrons. The Labute approximate surface area is 315 Å². The number of fused-ring (bicyclic) bond motifs is 3. The molecule has 0 aromatic heterocycles. The molecule has 0 spiro atoms. The van der Waals surface area contributed by atoms with Crippen molar-refractivity contribution < 1.29 is 102 Å². The molecule has 0 aliphatic heterocycles. The summed E-state index contributed by atoms with van der Waals surface area (Å²) in [7, 11) is -4.17. The van der Waals surface area contributed by atoms with E-state index in [2.05, 4.69) is 4.65 Å². The Balaban J connectivity index is 1.67. The molecule has 0 fully saturated rings. The van der Waals surface area contributed by atoms with Crippen LogP contribution in [0.4, 0.5) is 92.2 Å². The molecule has 0 atom stereocenters. The van der Waals surface area contributed by atoms with Crippen LogP contribution in [0.15, 0.2) is 24.3 Å². The van der Waals surface area contributed by atoms with Crippen molar-refractivity contribution in [1.29, 1.82) is 0 Å². The minimum Gasteiger partial charge on any atom is -0.519 e. The predicted octanol–water partition coefficient (Wildman–Crippen LogP) is 11.6. The van der Waals surface area contributed by atoms with Crippen LogP contribution in [-0.4, -0.2) is 7.12 Å². The van der Waals surface area contributed by atoms with Crippen molar-refractivity contribution in [1.82, 2.24) is 0 Å². The van der Waals surface area contributed by atoms with E-state index in [1.165, 1.54) is 0 Å². The van der Waals surface area contributed by atoms with E-state index in [0.29, 0.717) is 12.1 Å². The first-order valence-electron chi connectivity index (χ1n) is 15.5. The average Bonchev–Trinajstić information content (AvgIpc) is 3.21. The topological polar surface area (TPSA) is 18.5 Å². The highest BCUT2D eigenvalue weighted by Crippen LogP contribution is 2.44. The maximum atomic E-state index is 15.9. The third kappa shape index (κ3) is 5.73. The van der Waals surface area contributed by atoms with Gasteiger partial charge in [0.25, 0.3) is 0 Å². The van der Waals surface area contributed by atoms with Gasteiger partial charge in [-0.15, -0.1) is 0 Å². The van der Waals surface area contributed by atoms with E-state index in [4.69, 9.17) is 4.65 Å². The standard InChI is InChI=1S/C36H4BF21O2/c38-7-3-1-2-5-4-6-9(15(39)8(5)7)16(40)30(54)33(57)35(6)59-37(14-10-11(18(42)24(48)23(14)47)19(43)26(50)25(49)17(10)41)60-36-13(22(46)29(53)32(56)34(36)58)12-20(44)27(51)31(55)28(52)21(12)45/h1-4H. The van der Waals surface area contributed by atoms with Crippen LogP contribution in [0.3, 0.4) is 0 Å². The number of rotatable bonds is 6. The zero-order chi connectivity index (χ0) is 44.3. The summed E-state index contributed by atoms with van der Waals surface area (Å²) in [6.07, 6.45) is 0. The van der Waals surface area contributed by atoms with Gasteiger partial charge in [0.1, 0.15) is 17.4 Å². The summed E-state index contributed by atoms with van der Waals surface area (Å²) in [6, 6.07) is 2.47. The monoisotopic (exact) mass is 878 g/mol. The summed E-state index contributed by atoms with van der Waals surface area (Å²) in [5.41, 5.74) is -8.24. The van der Waals surface area contributed by atoms with Crippen LogP contribution in [0.1, 0.15) is 0 Å². The minimum atomic E-state index is -4.17. The molecule has 7 rings (SSSR count). The first-order valence-corrected chi connectivity index (χ1v) is 15.5. The van der Waals surface area contributed by atoms with E-state index in [0.717, 1.165) is 12.1 Å². The molecule has 2 nitrogen and oxygen atoms in total. The summed E-state index contributed by atoms with van der Waals surface area (Å²) >= 11 is 0. The molecule has 0 N–H and O–H groups in total. The van der Waals surface area contributed by atoms with Gasteiger partial charge < -0.3 is 9.31 Å². The molecule has 7 aromatic carbocycles. The SMILES string of the molecule is Fc1c(F)c(F)c(-c2c(F)c(F)c(F)c(F)c2OB(Oc2c(F)c(F)c(F)c3c(F)c4c(F)cccc4cc23)c2c(F)c(F)c(F)c3c(F)c(F)c(F)c(F)c23)c(F)c1F. The van der Waals surface area contributed by atoms with Crippen molar-refractivity contribution in [2.45, 2.75) is 0 Å². The molecule has 0 aliphatic rings. The second-order valence-corrected chi connectivity index (χ2v) is 12.1. The lowest BCUT2D eigenvalue weighted by molar-refractivity contribution is 0.360. The lowest BCUT2D eigenvalue weighted by Crippen LogP contribution is -2.47. The van der Waals surface area contributed by atoms with Gasteiger partial charge in [-0.1, -0.05) is 12.1 Å². The van der Waals surface area contributed by atoms with Gasteiger partial charge in [0, 0.05) is 10.8 Å². The molecule has 0 bridgehead atoms. The lowest BCUT2D eigenvalue weighted by atomic mass is 9.74. The molecule has 0 unspecified atom stereocenters. The third-order valence-electron chi connectivity index (χ3n) is 8.85. The van der Waals surface area contributed by atoms with E-state index >= 15 is 48.3 Å². The molecular weight excluding hydrogens is 874 g/mol. The Hall–Kier alpha value is -6.49. The molecule has 7 aromatic rings. The van der Waals surface area contributed by atoms with Crippen LogP contribution in [0.25, 0.3) is 43.4 Å². The Morgan fingerprint density at radius 1 is 0.317 bits per heavy atom. The van der Waals surface area contributed by atoms with Crippen LogP contribution in [0.2, 0.25) is 0 Å². The van der Waals surface area contributed by atoms with E-state index in [1.807, 2.05) is 0 Å². The molecule has 0 saturated carbocycles. The molecule has 310 valence electrons. The summed E-state index contributed by atoms with van der Waals surface area (Å²) < 4.78 is 325. The maximum Gasteiger partial charge on any atom is 0.636 e. The van der Waals surface area contributed by atoms with Crippen LogP contribution in [0.5, 0.6) is 11.5 Å². The van der Waals surface area contributed by atoms with Crippen molar-refractivity contribution in [3.8, 4) is 22.6 Å². The van der Waals surface area contributed by atoms with Crippen LogP contribution in [-0.2, 0) is 0 Å². The third-order valence-corrected chi connectivity index (χ3v) is 8.85. The number of hydrogen-bond donors (Lipinski definition) is 0. The van der Waals surface area contributed by atoms with Crippen molar-refractivity contribution in [3.05, 3.63) is 146 Å². The fourth-order valence-electron chi connectivity index (χ4n) is 6.17. The molecule has 0 aliphatic carbocycles. The normalized spacial score (nSPS) is 11.8. The van der Waals surface area contributed by atoms with Crippen molar-refractivity contribution in [2.75, 3.05) is 0 Å². The van der Waals surface area contributed by atoms with Crippen molar-refractivity contribution in [2.24, 2.45) is 0 Å². The average molecular weight is 878 g/mol. The van der Waals surface area contributed by atoms with Gasteiger partial charge in [0.05, 0.1) is 32.7 Å². The minimum absolute atomic E-state index is 0.307. The van der Waals surface area contributed by atoms with E-state index in [1.54, 1.807) is 0 Å². The second kappa shape index (κ2) is 14.4. The Morgan fingerprint density at radius 3 is 1.28 bits per heavy atom. The smallest absolute Gasteiger partial charge is 0.519 e. The van der Waals surface area contributed by atoms with Gasteiger partial charge in [0.15, 0.2) is 93.0 Å². The first kappa shape index (κ1) is 41.7. The fraction of sp³-hybridized carbons (Fsp3) is 0. The highest BCUT2D eigenvalue weighted by molar-refractivity contribution is 6.66. The van der Waals surface area contributed by atoms with Crippen LogP contribution in [0, 0.1) is 122 Å². The van der Waals surface area contributed by atoms with Gasteiger partial charge in [-0.05, 0) is 17.5 Å². The highest BCUT2D eigenvalue weighted by atomic mass is 19.2. The van der Waals surface area contributed by atoms with Gasteiger partial charge in [0.2, 0.25) is 23.3 Å². The first-order chi connectivity index (χ1) is 28.1. The number of halogens is 21. The zero-order valence-corrected chi connectivity index (χ0v) is 27.6. The van der Waals surface area contributed by atoms with Gasteiger partial charge in [-0.3, -0.25) is 0 Å². The van der Waals surface area contributed by atoms with E-state index < -0.39 is 190 Å². The number of hydrogen-bond acceptors (Lipinski definition) is 2. The van der Waals surface area contributed by atoms with E-state index in [9.17, 15) is 43.9 Å². The highest BCUT2D eigenvalue weighted by Gasteiger charge is 2.44. The van der Waals surface area contributed by atoms with Crippen LogP contribution >= 0.6 is 0 Å². The van der Waals surface area contributed by atoms with Gasteiger partial charge in [-0.2, -0.15) is 8.78 Å². The zero-order valence-electron chi connectivity index (χ0n) is 27.6. The Bertz CT molecular complexity index is 3050. The quantitative estimate of drug-likeness (QED) is 0.0545. The molecule has 0 heterocycles. The Morgan fingerprint density at radius 2 is 0.717 bits per heavy atom. The second-order valence-electron chi connectivity index (χ2n) is 12.1. The molecule has 0 saturated heterocycles. The molecule has 0 amide bonds. The summed E-state index contributed by atoms with van der Waals surface area (Å²) in [5, 5.41) is -10.4. The summed E-state index contributed by atoms with van der Waals surface area (Å²) in [6.45, 7) is 0. The molecule has 60 heavy (non-hydrogen) atoms. The number of benzene rings is 7. The lowest BCUT2D eigenvalue weighted by Gasteiger charge is -2.24.